The summed E-state index contributed by atoms with van der Waals surface area (Å²) in [5.41, 5.74) is 0. The molecule has 26 heavy (non-hydrogen) atoms. The lowest BCUT2D eigenvalue weighted by atomic mass is 9.58. The molecule has 1 saturated heterocycles. The lowest BCUT2D eigenvalue weighted by Crippen LogP contribution is -2.60. The van der Waals surface area contributed by atoms with Crippen molar-refractivity contribution in [2.75, 3.05) is 0 Å². The Labute approximate surface area is 162 Å². The Bertz CT molecular complexity index is 756. The van der Waals surface area contributed by atoms with E-state index in [0.29, 0.717) is 4.08 Å². The van der Waals surface area contributed by atoms with E-state index in [-0.39, 0.29) is 5.79 Å². The molecular formula is C22H24O2S2. The van der Waals surface area contributed by atoms with Crippen molar-refractivity contribution in [2.24, 2.45) is 94.7 Å². The molecule has 4 bridgehead atoms. The summed E-state index contributed by atoms with van der Waals surface area (Å²) in [6, 6.07) is 0. The molecule has 1 aliphatic heterocycles. The average Bonchev–Trinajstić information content (AvgIpc) is 3.31. The van der Waals surface area contributed by atoms with Gasteiger partial charge in [0, 0.05) is 35.9 Å². The van der Waals surface area contributed by atoms with Crippen LogP contribution in [-0.4, -0.2) is 9.87 Å². The maximum Gasteiger partial charge on any atom is 0.200 e. The molecule has 2 nitrogen and oxygen atoms in total. The summed E-state index contributed by atoms with van der Waals surface area (Å²) in [4.78, 5) is 0. The van der Waals surface area contributed by atoms with Gasteiger partial charge in [0.05, 0.1) is 0 Å². The number of hydrogen-bond donors (Lipinski definition) is 0. The molecule has 10 aliphatic carbocycles. The SMILES string of the molecule is C1C2C3CC4C2C2C1C3C1(OSC3(SO1)C1C5CC6C7C5CC1C7C63)C42. The third kappa shape index (κ3) is 0.857. The minimum atomic E-state index is -0.155. The van der Waals surface area contributed by atoms with Crippen molar-refractivity contribution in [3.63, 3.8) is 0 Å². The summed E-state index contributed by atoms with van der Waals surface area (Å²) >= 11 is 4.03. The highest BCUT2D eigenvalue weighted by Gasteiger charge is 2.90. The van der Waals surface area contributed by atoms with E-state index in [2.05, 4.69) is 0 Å². The largest absolute Gasteiger partial charge is 0.278 e. The molecule has 0 N–H and O–H groups in total. The van der Waals surface area contributed by atoms with Crippen LogP contribution < -0.4 is 0 Å². The molecule has 0 aromatic heterocycles. The van der Waals surface area contributed by atoms with Crippen LogP contribution in [0.25, 0.3) is 0 Å². The smallest absolute Gasteiger partial charge is 0.200 e. The molecule has 2 spiro atoms. The fourth-order valence-electron chi connectivity index (χ4n) is 13.6. The molecule has 10 saturated carbocycles. The Balaban J connectivity index is 1.04. The molecule has 0 aromatic rings. The Morgan fingerprint density at radius 3 is 1.81 bits per heavy atom. The van der Waals surface area contributed by atoms with Crippen molar-refractivity contribution in [2.45, 2.75) is 35.5 Å². The van der Waals surface area contributed by atoms with Gasteiger partial charge in [-0.05, 0) is 109 Å². The highest BCUT2D eigenvalue weighted by Crippen LogP contribution is 2.92. The Hall–Kier alpha value is 0.620. The van der Waals surface area contributed by atoms with Gasteiger partial charge in [0.25, 0.3) is 0 Å². The zero-order valence-electron chi connectivity index (χ0n) is 14.7. The molecule has 1 heterocycles. The fourth-order valence-corrected chi connectivity index (χ4v) is 16.8. The van der Waals surface area contributed by atoms with Crippen LogP contribution in [0.2, 0.25) is 0 Å². The molecule has 11 rings (SSSR count). The van der Waals surface area contributed by atoms with E-state index in [1.165, 1.54) is 12.8 Å². The van der Waals surface area contributed by atoms with Crippen molar-refractivity contribution < 1.29 is 8.37 Å². The van der Waals surface area contributed by atoms with Gasteiger partial charge >= 0.3 is 0 Å². The second kappa shape index (κ2) is 3.30. The third-order valence-electron chi connectivity index (χ3n) is 13.2. The quantitative estimate of drug-likeness (QED) is 0.580. The molecule has 0 radical (unpaired) electrons. The standard InChI is InChI=1S/C22H24O2S2/c1-5-7-3-9-13(5)15-11(1)17(7)21(19(9)15)23-25-22(26-24-21)18-8-4-10-14-6(8)2-12(18)16(14)20(10)22/h5-20H,1-4H2. The van der Waals surface area contributed by atoms with Gasteiger partial charge in [0.2, 0.25) is 5.79 Å². The predicted octanol–water partition coefficient (Wildman–Crippen LogP) is 4.28. The molecule has 0 aromatic carbocycles. The number of hydrogen-bond acceptors (Lipinski definition) is 4. The average molecular weight is 385 g/mol. The minimum absolute atomic E-state index is 0.155. The van der Waals surface area contributed by atoms with Gasteiger partial charge in [-0.1, -0.05) is 0 Å². The van der Waals surface area contributed by atoms with Crippen LogP contribution in [0.4, 0.5) is 0 Å². The molecule has 11 aliphatic rings. The predicted molar refractivity (Wildman–Crippen MR) is 97.1 cm³/mol. The molecular weight excluding hydrogens is 360 g/mol. The van der Waals surface area contributed by atoms with E-state index in [4.69, 9.17) is 8.37 Å². The van der Waals surface area contributed by atoms with Gasteiger partial charge < -0.3 is 0 Å². The summed E-state index contributed by atoms with van der Waals surface area (Å²) in [5.74, 6) is 15.9. The monoisotopic (exact) mass is 384 g/mol. The first kappa shape index (κ1) is 13.0. The van der Waals surface area contributed by atoms with Gasteiger partial charge in [-0.3, -0.25) is 8.37 Å². The van der Waals surface area contributed by atoms with E-state index >= 15 is 0 Å². The van der Waals surface area contributed by atoms with Gasteiger partial charge in [-0.25, -0.2) is 0 Å². The second-order valence-electron chi connectivity index (χ2n) is 12.4. The van der Waals surface area contributed by atoms with Crippen LogP contribution >= 0.6 is 24.1 Å². The fraction of sp³-hybridized carbons (Fsp3) is 1.00. The first-order valence-electron chi connectivity index (χ1n) is 11.6. The first-order chi connectivity index (χ1) is 12.8. The Morgan fingerprint density at radius 2 is 1.04 bits per heavy atom. The maximum absolute atomic E-state index is 7.04. The lowest BCUT2D eigenvalue weighted by Gasteiger charge is -2.59. The summed E-state index contributed by atoms with van der Waals surface area (Å²) in [6.07, 6.45) is 6.23. The van der Waals surface area contributed by atoms with Crippen molar-refractivity contribution in [1.82, 2.24) is 0 Å². The summed E-state index contributed by atoms with van der Waals surface area (Å²) in [6.45, 7) is 0. The Kier molecular flexibility index (Phi) is 1.65. The summed E-state index contributed by atoms with van der Waals surface area (Å²) in [5, 5.41) is 0. The van der Waals surface area contributed by atoms with Crippen molar-refractivity contribution in [3.8, 4) is 0 Å². The van der Waals surface area contributed by atoms with Crippen LogP contribution in [0.15, 0.2) is 0 Å². The second-order valence-corrected chi connectivity index (χ2v) is 14.7. The van der Waals surface area contributed by atoms with E-state index < -0.39 is 0 Å². The van der Waals surface area contributed by atoms with Crippen molar-refractivity contribution in [1.29, 1.82) is 0 Å². The highest BCUT2D eigenvalue weighted by atomic mass is 32.2. The van der Waals surface area contributed by atoms with Crippen LogP contribution in [-0.2, 0) is 8.37 Å². The van der Waals surface area contributed by atoms with Crippen molar-refractivity contribution in [3.05, 3.63) is 0 Å². The van der Waals surface area contributed by atoms with Crippen molar-refractivity contribution >= 4 is 24.1 Å². The van der Waals surface area contributed by atoms with E-state index in [1.54, 1.807) is 12.8 Å². The van der Waals surface area contributed by atoms with E-state index in [1.807, 2.05) is 24.1 Å². The van der Waals surface area contributed by atoms with E-state index in [0.717, 1.165) is 94.7 Å². The first-order valence-corrected chi connectivity index (χ1v) is 13.1. The normalized spacial score (nSPS) is 88.6. The zero-order chi connectivity index (χ0) is 15.9. The molecule has 4 heteroatoms. The van der Waals surface area contributed by atoms with E-state index in [9.17, 15) is 0 Å². The summed E-state index contributed by atoms with van der Waals surface area (Å²) < 4.78 is 14.4. The van der Waals surface area contributed by atoms with Gasteiger partial charge in [-0.2, -0.15) is 0 Å². The molecule has 16 atom stereocenters. The maximum atomic E-state index is 7.04. The van der Waals surface area contributed by atoms with Gasteiger partial charge in [-0.15, -0.1) is 0 Å². The molecule has 11 fully saturated rings. The zero-order valence-corrected chi connectivity index (χ0v) is 16.3. The lowest BCUT2D eigenvalue weighted by molar-refractivity contribution is -0.218. The topological polar surface area (TPSA) is 18.5 Å². The van der Waals surface area contributed by atoms with Crippen LogP contribution in [0.5, 0.6) is 0 Å². The highest BCUT2D eigenvalue weighted by molar-refractivity contribution is 8.14. The molecule has 0 amide bonds. The van der Waals surface area contributed by atoms with Crippen LogP contribution in [0, 0.1) is 94.7 Å². The minimum Gasteiger partial charge on any atom is -0.278 e. The third-order valence-corrected chi connectivity index (χ3v) is 15.9. The Morgan fingerprint density at radius 1 is 0.500 bits per heavy atom. The molecule has 16 unspecified atom stereocenters. The summed E-state index contributed by atoms with van der Waals surface area (Å²) in [7, 11) is 0. The van der Waals surface area contributed by atoms with Gasteiger partial charge in [0.15, 0.2) is 0 Å². The van der Waals surface area contributed by atoms with Crippen LogP contribution in [0.3, 0.4) is 0 Å². The number of rotatable bonds is 0. The van der Waals surface area contributed by atoms with Crippen LogP contribution in [0.1, 0.15) is 25.7 Å². The van der Waals surface area contributed by atoms with Gasteiger partial charge in [0.1, 0.15) is 4.08 Å². The molecule has 136 valence electrons. The number of fused-ring (bicyclic) bond motifs is 8.